The van der Waals surface area contributed by atoms with Crippen LogP contribution in [0.25, 0.3) is 6.08 Å². The van der Waals surface area contributed by atoms with Crippen molar-refractivity contribution in [2.24, 2.45) is 0 Å². The van der Waals surface area contributed by atoms with Gasteiger partial charge in [0, 0.05) is 23.8 Å². The van der Waals surface area contributed by atoms with E-state index in [-0.39, 0.29) is 5.57 Å². The maximum Gasteiger partial charge on any atom is 0.335 e. The second kappa shape index (κ2) is 9.04. The van der Waals surface area contributed by atoms with Crippen LogP contribution >= 0.6 is 11.6 Å². The molecule has 2 aliphatic heterocycles. The molecule has 0 bridgehead atoms. The molecule has 0 aromatic heterocycles. The molecule has 0 aliphatic carbocycles. The number of urea groups is 1. The van der Waals surface area contributed by atoms with Crippen LogP contribution in [0, 0.1) is 13.8 Å². The van der Waals surface area contributed by atoms with E-state index < -0.39 is 17.8 Å². The van der Waals surface area contributed by atoms with Crippen molar-refractivity contribution in [3.05, 3.63) is 99.1 Å². The van der Waals surface area contributed by atoms with E-state index in [2.05, 4.69) is 10.2 Å². The second-order valence-electron chi connectivity index (χ2n) is 8.95. The quantitative estimate of drug-likeness (QED) is 0.408. The van der Waals surface area contributed by atoms with Crippen molar-refractivity contribution in [2.45, 2.75) is 26.8 Å². The number of nitrogens with one attached hydrogen (secondary N) is 1. The van der Waals surface area contributed by atoms with Gasteiger partial charge in [-0.05, 0) is 84.5 Å². The number of rotatable bonds is 4. The Morgan fingerprint density at radius 3 is 2.46 bits per heavy atom. The van der Waals surface area contributed by atoms with Crippen LogP contribution in [0.3, 0.4) is 0 Å². The molecule has 1 fully saturated rings. The minimum atomic E-state index is -0.744. The van der Waals surface area contributed by atoms with Crippen LogP contribution in [0.5, 0.6) is 0 Å². The van der Waals surface area contributed by atoms with Crippen LogP contribution in [0.4, 0.5) is 16.2 Å². The highest BCUT2D eigenvalue weighted by Crippen LogP contribution is 2.32. The Morgan fingerprint density at radius 1 is 0.971 bits per heavy atom. The first kappa shape index (κ1) is 22.9. The average Bonchev–Trinajstić information content (AvgIpc) is 3.19. The van der Waals surface area contributed by atoms with Gasteiger partial charge in [0.25, 0.3) is 11.8 Å². The summed E-state index contributed by atoms with van der Waals surface area (Å²) >= 11 is 6.34. The summed E-state index contributed by atoms with van der Waals surface area (Å²) in [6, 6.07) is 18.4. The highest BCUT2D eigenvalue weighted by Gasteiger charge is 2.37. The van der Waals surface area contributed by atoms with Crippen molar-refractivity contribution in [3.63, 3.8) is 0 Å². The fourth-order valence-corrected chi connectivity index (χ4v) is 4.91. The Balaban J connectivity index is 1.43. The summed E-state index contributed by atoms with van der Waals surface area (Å²) in [5.74, 6) is -1.33. The monoisotopic (exact) mass is 485 g/mol. The molecule has 1 N–H and O–H groups in total. The number of fused-ring (bicyclic) bond motifs is 1. The van der Waals surface area contributed by atoms with Crippen LogP contribution in [0.15, 0.2) is 66.2 Å². The zero-order valence-electron chi connectivity index (χ0n) is 19.5. The van der Waals surface area contributed by atoms with Gasteiger partial charge in [-0.3, -0.25) is 14.9 Å². The third-order valence-corrected chi connectivity index (χ3v) is 6.66. The highest BCUT2D eigenvalue weighted by molar-refractivity contribution is 6.39. The molecule has 4 amide bonds. The van der Waals surface area contributed by atoms with E-state index in [9.17, 15) is 14.4 Å². The number of hydrogen-bond donors (Lipinski definition) is 1. The Morgan fingerprint density at radius 2 is 1.71 bits per heavy atom. The van der Waals surface area contributed by atoms with Crippen molar-refractivity contribution < 1.29 is 14.4 Å². The predicted octanol–water partition coefficient (Wildman–Crippen LogP) is 5.19. The number of halogens is 1. The molecule has 0 spiro atoms. The molecule has 3 aromatic carbocycles. The first-order chi connectivity index (χ1) is 16.8. The number of amides is 4. The molecule has 6 nitrogen and oxygen atoms in total. The molecule has 1 saturated heterocycles. The average molecular weight is 486 g/mol. The standard InChI is InChI=1S/C28H24ClN3O3/c1-17-11-18(2)13-22(12-17)32-27(34)23(26(33)30-28(32)35)15-19-7-8-25-20(14-19)9-10-31(25)16-21-5-3-4-6-24(21)29/h3-8,11-15H,9-10,16H2,1-2H3,(H,30,33,35)/b23-15+. The molecule has 3 aromatic rings. The number of benzene rings is 3. The van der Waals surface area contributed by atoms with Gasteiger partial charge in [-0.2, -0.15) is 0 Å². The van der Waals surface area contributed by atoms with Gasteiger partial charge in [-0.1, -0.05) is 41.9 Å². The van der Waals surface area contributed by atoms with Crippen LogP contribution in [0.2, 0.25) is 5.02 Å². The fraction of sp³-hybridized carbons (Fsp3) is 0.179. The first-order valence-corrected chi connectivity index (χ1v) is 11.8. The van der Waals surface area contributed by atoms with Crippen molar-refractivity contribution in [2.75, 3.05) is 16.3 Å². The Hall–Kier alpha value is -3.90. The van der Waals surface area contributed by atoms with E-state index in [4.69, 9.17) is 11.6 Å². The van der Waals surface area contributed by atoms with Gasteiger partial charge in [-0.25, -0.2) is 9.69 Å². The largest absolute Gasteiger partial charge is 0.367 e. The number of carbonyl (C=O) groups is 3. The van der Waals surface area contributed by atoms with Gasteiger partial charge < -0.3 is 4.90 Å². The minimum absolute atomic E-state index is 0.0744. The molecule has 0 radical (unpaired) electrons. The minimum Gasteiger partial charge on any atom is -0.367 e. The molecule has 35 heavy (non-hydrogen) atoms. The van der Waals surface area contributed by atoms with E-state index in [1.165, 1.54) is 0 Å². The summed E-state index contributed by atoms with van der Waals surface area (Å²) in [7, 11) is 0. The van der Waals surface area contributed by atoms with E-state index in [1.54, 1.807) is 18.2 Å². The number of anilines is 2. The Labute approximate surface area is 208 Å². The van der Waals surface area contributed by atoms with Crippen LogP contribution in [-0.4, -0.2) is 24.4 Å². The number of hydrogen-bond acceptors (Lipinski definition) is 4. The summed E-state index contributed by atoms with van der Waals surface area (Å²) in [5.41, 5.74) is 6.24. The molecule has 5 rings (SSSR count). The number of imide groups is 2. The zero-order chi connectivity index (χ0) is 24.7. The number of carbonyl (C=O) groups excluding carboxylic acids is 3. The molecule has 0 atom stereocenters. The van der Waals surface area contributed by atoms with Gasteiger partial charge in [-0.15, -0.1) is 0 Å². The van der Waals surface area contributed by atoms with Gasteiger partial charge in [0.2, 0.25) is 0 Å². The first-order valence-electron chi connectivity index (χ1n) is 11.4. The summed E-state index contributed by atoms with van der Waals surface area (Å²) < 4.78 is 0. The zero-order valence-corrected chi connectivity index (χ0v) is 20.2. The van der Waals surface area contributed by atoms with Crippen LogP contribution in [-0.2, 0) is 22.6 Å². The van der Waals surface area contributed by atoms with E-state index in [0.29, 0.717) is 12.2 Å². The predicted molar refractivity (Wildman–Crippen MR) is 138 cm³/mol. The van der Waals surface area contributed by atoms with Gasteiger partial charge in [0.15, 0.2) is 0 Å². The van der Waals surface area contributed by atoms with Crippen LogP contribution in [0.1, 0.15) is 27.8 Å². The Bertz CT molecular complexity index is 1390. The maximum absolute atomic E-state index is 13.2. The smallest absolute Gasteiger partial charge is 0.335 e. The molecule has 176 valence electrons. The summed E-state index contributed by atoms with van der Waals surface area (Å²) in [6.07, 6.45) is 2.40. The van der Waals surface area contributed by atoms with E-state index >= 15 is 0 Å². The number of barbiturate groups is 1. The topological polar surface area (TPSA) is 69.7 Å². The lowest BCUT2D eigenvalue weighted by Crippen LogP contribution is -2.54. The molecular weight excluding hydrogens is 462 g/mol. The molecular formula is C28H24ClN3O3. The summed E-state index contributed by atoms with van der Waals surface area (Å²) in [6.45, 7) is 5.35. The third kappa shape index (κ3) is 4.45. The van der Waals surface area contributed by atoms with Crippen molar-refractivity contribution in [1.82, 2.24) is 5.32 Å². The number of aryl methyl sites for hydroxylation is 2. The lowest BCUT2D eigenvalue weighted by Gasteiger charge is -2.27. The van der Waals surface area contributed by atoms with Crippen molar-refractivity contribution in [1.29, 1.82) is 0 Å². The van der Waals surface area contributed by atoms with E-state index in [0.717, 1.165) is 56.4 Å². The van der Waals surface area contributed by atoms with Gasteiger partial charge in [0.05, 0.1) is 5.69 Å². The van der Waals surface area contributed by atoms with Gasteiger partial charge in [0.1, 0.15) is 5.57 Å². The normalized spacial score (nSPS) is 16.7. The molecule has 2 heterocycles. The SMILES string of the molecule is Cc1cc(C)cc(N2C(=O)NC(=O)/C(=C\c3ccc4c(c3)CCN4Cc3ccccc3Cl)C2=O)c1. The molecule has 0 unspecified atom stereocenters. The Kier molecular flexibility index (Phi) is 5.91. The van der Waals surface area contributed by atoms with Crippen molar-refractivity contribution >= 4 is 46.9 Å². The second-order valence-corrected chi connectivity index (χ2v) is 9.36. The number of nitrogens with zero attached hydrogens (tertiary/aromatic N) is 2. The van der Waals surface area contributed by atoms with Crippen LogP contribution < -0.4 is 15.1 Å². The maximum atomic E-state index is 13.2. The summed E-state index contributed by atoms with van der Waals surface area (Å²) in [4.78, 5) is 41.7. The molecule has 7 heteroatoms. The van der Waals surface area contributed by atoms with E-state index in [1.807, 2.05) is 62.4 Å². The molecule has 2 aliphatic rings. The van der Waals surface area contributed by atoms with Crippen molar-refractivity contribution in [3.8, 4) is 0 Å². The molecule has 0 saturated carbocycles. The van der Waals surface area contributed by atoms with Gasteiger partial charge >= 0.3 is 6.03 Å². The third-order valence-electron chi connectivity index (χ3n) is 6.29. The summed E-state index contributed by atoms with van der Waals surface area (Å²) in [5, 5.41) is 3.04. The highest BCUT2D eigenvalue weighted by atomic mass is 35.5. The lowest BCUT2D eigenvalue weighted by molar-refractivity contribution is -0.122. The fourth-order valence-electron chi connectivity index (χ4n) is 4.71. The lowest BCUT2D eigenvalue weighted by atomic mass is 10.0.